The minimum absolute atomic E-state index is 0.241. The monoisotopic (exact) mass is 202 g/mol. The van der Waals surface area contributed by atoms with Crippen LogP contribution < -0.4 is 5.73 Å². The molecule has 80 valence electrons. The number of ether oxygens (including phenoxy) is 1. The Morgan fingerprint density at radius 3 is 2.50 bits per heavy atom. The maximum Gasteiger partial charge on any atom is 0.246 e. The van der Waals surface area contributed by atoms with Crippen LogP contribution in [0.15, 0.2) is 0 Å². The summed E-state index contributed by atoms with van der Waals surface area (Å²) in [4.78, 5) is 23.5. The topological polar surface area (TPSA) is 92.9 Å². The highest BCUT2D eigenvalue weighted by molar-refractivity contribution is 5.86. The molecule has 1 saturated heterocycles. The summed E-state index contributed by atoms with van der Waals surface area (Å²) in [6, 6.07) is 0. The van der Waals surface area contributed by atoms with Gasteiger partial charge in [-0.2, -0.15) is 0 Å². The fourth-order valence-electron chi connectivity index (χ4n) is 1.21. The second-order valence-corrected chi connectivity index (χ2v) is 3.12. The maximum absolute atomic E-state index is 11.4. The van der Waals surface area contributed by atoms with Crippen molar-refractivity contribution in [3.05, 3.63) is 0 Å². The molecular weight excluding hydrogens is 188 g/mol. The van der Waals surface area contributed by atoms with Gasteiger partial charge in [-0.15, -0.1) is 0 Å². The molecule has 1 aliphatic heterocycles. The number of amides is 2. The minimum atomic E-state index is -1.38. The van der Waals surface area contributed by atoms with Gasteiger partial charge in [0.25, 0.3) is 0 Å². The number of nitrogens with zero attached hydrogens (tertiary/aromatic N) is 1. The molecule has 0 saturated carbocycles. The standard InChI is InChI=1S/C8H14N2O4/c9-8(13)6(11)5-7(12)10-1-3-14-4-2-10/h6,11H,1-5H2,(H2,9,13). The highest BCUT2D eigenvalue weighted by Crippen LogP contribution is 2.02. The first kappa shape index (κ1) is 10.9. The van der Waals surface area contributed by atoms with E-state index in [-0.39, 0.29) is 12.3 Å². The van der Waals surface area contributed by atoms with E-state index >= 15 is 0 Å². The fourth-order valence-corrected chi connectivity index (χ4v) is 1.21. The molecule has 1 atom stereocenters. The first-order valence-corrected chi connectivity index (χ1v) is 4.44. The number of morpholine rings is 1. The van der Waals surface area contributed by atoms with Gasteiger partial charge in [0.1, 0.15) is 6.10 Å². The third kappa shape index (κ3) is 2.97. The lowest BCUT2D eigenvalue weighted by atomic mass is 10.2. The Bertz CT molecular complexity index is 225. The van der Waals surface area contributed by atoms with Gasteiger partial charge >= 0.3 is 0 Å². The fraction of sp³-hybridized carbons (Fsp3) is 0.750. The summed E-state index contributed by atoms with van der Waals surface area (Å²) in [5.41, 5.74) is 4.83. The number of nitrogens with two attached hydrogens (primary N) is 1. The van der Waals surface area contributed by atoms with Gasteiger partial charge in [0, 0.05) is 13.1 Å². The van der Waals surface area contributed by atoms with Crippen LogP contribution in [0.2, 0.25) is 0 Å². The van der Waals surface area contributed by atoms with Crippen molar-refractivity contribution in [3.63, 3.8) is 0 Å². The smallest absolute Gasteiger partial charge is 0.246 e. The molecular formula is C8H14N2O4. The van der Waals surface area contributed by atoms with Gasteiger partial charge in [-0.05, 0) is 0 Å². The van der Waals surface area contributed by atoms with Crippen LogP contribution in [0.3, 0.4) is 0 Å². The predicted octanol–water partition coefficient (Wildman–Crippen LogP) is -1.92. The molecule has 0 aliphatic carbocycles. The van der Waals surface area contributed by atoms with E-state index in [0.717, 1.165) is 0 Å². The first-order valence-electron chi connectivity index (χ1n) is 4.44. The largest absolute Gasteiger partial charge is 0.383 e. The van der Waals surface area contributed by atoms with Crippen LogP contribution in [0.5, 0.6) is 0 Å². The highest BCUT2D eigenvalue weighted by Gasteiger charge is 2.22. The number of rotatable bonds is 3. The average Bonchev–Trinajstić information content (AvgIpc) is 2.19. The number of aliphatic hydroxyl groups excluding tert-OH is 1. The van der Waals surface area contributed by atoms with Crippen molar-refractivity contribution in [1.29, 1.82) is 0 Å². The molecule has 0 spiro atoms. The molecule has 1 rings (SSSR count). The van der Waals surface area contributed by atoms with Gasteiger partial charge in [0.05, 0.1) is 19.6 Å². The normalized spacial score (nSPS) is 19.1. The van der Waals surface area contributed by atoms with Gasteiger partial charge in [-0.1, -0.05) is 0 Å². The molecule has 1 fully saturated rings. The average molecular weight is 202 g/mol. The molecule has 1 heterocycles. The van der Waals surface area contributed by atoms with Crippen molar-refractivity contribution >= 4 is 11.8 Å². The van der Waals surface area contributed by atoms with Crippen molar-refractivity contribution in [2.75, 3.05) is 26.3 Å². The van der Waals surface area contributed by atoms with Crippen LogP contribution in [0.1, 0.15) is 6.42 Å². The molecule has 0 bridgehead atoms. The lowest BCUT2D eigenvalue weighted by Gasteiger charge is -2.27. The lowest BCUT2D eigenvalue weighted by molar-refractivity contribution is -0.141. The Kier molecular flexibility index (Phi) is 3.84. The highest BCUT2D eigenvalue weighted by atomic mass is 16.5. The number of hydrogen-bond acceptors (Lipinski definition) is 4. The predicted molar refractivity (Wildman–Crippen MR) is 47.2 cm³/mol. The summed E-state index contributed by atoms with van der Waals surface area (Å²) >= 11 is 0. The Labute approximate surface area is 81.6 Å². The second kappa shape index (κ2) is 4.92. The number of carbonyl (C=O) groups excluding carboxylic acids is 2. The van der Waals surface area contributed by atoms with Crippen molar-refractivity contribution < 1.29 is 19.4 Å². The quantitative estimate of drug-likeness (QED) is 0.558. The molecule has 0 aromatic heterocycles. The molecule has 0 aromatic rings. The lowest BCUT2D eigenvalue weighted by Crippen LogP contribution is -2.43. The molecule has 1 unspecified atom stereocenters. The number of aliphatic hydroxyl groups is 1. The summed E-state index contributed by atoms with van der Waals surface area (Å²) in [6.07, 6.45) is -1.62. The molecule has 14 heavy (non-hydrogen) atoms. The molecule has 6 heteroatoms. The molecule has 0 radical (unpaired) electrons. The molecule has 0 aromatic carbocycles. The van der Waals surface area contributed by atoms with E-state index in [0.29, 0.717) is 26.3 Å². The Morgan fingerprint density at radius 2 is 2.00 bits per heavy atom. The van der Waals surface area contributed by atoms with Gasteiger partial charge < -0.3 is 20.5 Å². The van der Waals surface area contributed by atoms with Crippen LogP contribution >= 0.6 is 0 Å². The third-order valence-electron chi connectivity index (χ3n) is 2.06. The second-order valence-electron chi connectivity index (χ2n) is 3.12. The minimum Gasteiger partial charge on any atom is -0.383 e. The van der Waals surface area contributed by atoms with Crippen molar-refractivity contribution in [2.45, 2.75) is 12.5 Å². The van der Waals surface area contributed by atoms with Crippen LogP contribution in [0.25, 0.3) is 0 Å². The first-order chi connectivity index (χ1) is 6.61. The van der Waals surface area contributed by atoms with E-state index in [1.54, 1.807) is 4.90 Å². The van der Waals surface area contributed by atoms with Crippen molar-refractivity contribution in [1.82, 2.24) is 4.90 Å². The molecule has 2 amide bonds. The summed E-state index contributed by atoms with van der Waals surface area (Å²) < 4.78 is 5.05. The Morgan fingerprint density at radius 1 is 1.43 bits per heavy atom. The van der Waals surface area contributed by atoms with E-state index in [9.17, 15) is 9.59 Å². The van der Waals surface area contributed by atoms with Crippen molar-refractivity contribution in [3.8, 4) is 0 Å². The number of primary amides is 1. The van der Waals surface area contributed by atoms with Crippen LogP contribution in [0, 0.1) is 0 Å². The van der Waals surface area contributed by atoms with E-state index < -0.39 is 12.0 Å². The van der Waals surface area contributed by atoms with Crippen molar-refractivity contribution in [2.24, 2.45) is 5.73 Å². The zero-order valence-electron chi connectivity index (χ0n) is 7.81. The van der Waals surface area contributed by atoms with E-state index in [1.165, 1.54) is 0 Å². The maximum atomic E-state index is 11.4. The van der Waals surface area contributed by atoms with E-state index in [2.05, 4.69) is 0 Å². The van der Waals surface area contributed by atoms with Gasteiger partial charge in [0.15, 0.2) is 0 Å². The molecule has 6 nitrogen and oxygen atoms in total. The summed E-state index contributed by atoms with van der Waals surface area (Å²) in [5.74, 6) is -1.13. The van der Waals surface area contributed by atoms with Gasteiger partial charge in [-0.3, -0.25) is 9.59 Å². The number of hydrogen-bond donors (Lipinski definition) is 2. The van der Waals surface area contributed by atoms with Gasteiger partial charge in [0.2, 0.25) is 11.8 Å². The third-order valence-corrected chi connectivity index (χ3v) is 2.06. The summed E-state index contributed by atoms with van der Waals surface area (Å²) in [7, 11) is 0. The SMILES string of the molecule is NC(=O)C(O)CC(=O)N1CCOCC1. The Balaban J connectivity index is 2.36. The van der Waals surface area contributed by atoms with Crippen LogP contribution in [0.4, 0.5) is 0 Å². The Hall–Kier alpha value is -1.14. The van der Waals surface area contributed by atoms with Crippen LogP contribution in [-0.2, 0) is 14.3 Å². The van der Waals surface area contributed by atoms with Gasteiger partial charge in [-0.25, -0.2) is 0 Å². The van der Waals surface area contributed by atoms with Crippen LogP contribution in [-0.4, -0.2) is 54.2 Å². The van der Waals surface area contributed by atoms with E-state index in [1.807, 2.05) is 0 Å². The summed E-state index contributed by atoms with van der Waals surface area (Å²) in [6.45, 7) is 2.01. The molecule has 1 aliphatic rings. The van der Waals surface area contributed by atoms with E-state index in [4.69, 9.17) is 15.6 Å². The zero-order chi connectivity index (χ0) is 10.6. The zero-order valence-corrected chi connectivity index (χ0v) is 7.81. The summed E-state index contributed by atoms with van der Waals surface area (Å²) in [5, 5.41) is 9.07. The molecule has 3 N–H and O–H groups in total. The number of carbonyl (C=O) groups is 2.